The molecule has 7 heteroatoms. The highest BCUT2D eigenvalue weighted by molar-refractivity contribution is 5.89. The topological polar surface area (TPSA) is 63.7 Å². The van der Waals surface area contributed by atoms with E-state index >= 15 is 0 Å². The number of para-hydroxylation sites is 1. The maximum atomic E-state index is 12.3. The van der Waals surface area contributed by atoms with Crippen LogP contribution in [0.4, 0.5) is 16.3 Å². The molecule has 4 aliphatic heterocycles. The molecule has 0 saturated carbocycles. The minimum absolute atomic E-state index is 0.110. The predicted molar refractivity (Wildman–Crippen MR) is 128 cm³/mol. The lowest BCUT2D eigenvalue weighted by Crippen LogP contribution is -2.59. The Morgan fingerprint density at radius 1 is 1.00 bits per heavy atom. The van der Waals surface area contributed by atoms with Crippen molar-refractivity contribution in [3.63, 3.8) is 0 Å². The molecule has 4 aliphatic rings. The van der Waals surface area contributed by atoms with Crippen molar-refractivity contribution in [2.24, 2.45) is 11.8 Å². The number of rotatable bonds is 6. The monoisotopic (exact) mass is 434 g/mol. The number of pyridine rings is 1. The molecule has 2 aromatic rings. The van der Waals surface area contributed by atoms with Crippen LogP contribution in [-0.4, -0.2) is 79.2 Å². The van der Waals surface area contributed by atoms with E-state index in [0.29, 0.717) is 6.04 Å². The van der Waals surface area contributed by atoms with Crippen LogP contribution in [0.1, 0.15) is 12.8 Å². The highest BCUT2D eigenvalue weighted by Crippen LogP contribution is 2.36. The number of anilines is 2. The van der Waals surface area contributed by atoms with E-state index < -0.39 is 0 Å². The third-order valence-corrected chi connectivity index (χ3v) is 7.38. The van der Waals surface area contributed by atoms with Crippen molar-refractivity contribution in [3.8, 4) is 0 Å². The van der Waals surface area contributed by atoms with Gasteiger partial charge in [-0.1, -0.05) is 24.3 Å². The second-order valence-electron chi connectivity index (χ2n) is 9.37. The average molecular weight is 435 g/mol. The van der Waals surface area contributed by atoms with Gasteiger partial charge in [0.2, 0.25) is 0 Å². The van der Waals surface area contributed by atoms with Gasteiger partial charge in [0.25, 0.3) is 0 Å². The Hall–Kier alpha value is -2.64. The smallest absolute Gasteiger partial charge is 0.319 e. The molecule has 7 nitrogen and oxygen atoms in total. The number of nitrogens with zero attached hydrogens (tertiary/aromatic N) is 4. The minimum Gasteiger partial charge on any atom is -0.354 e. The number of amides is 2. The van der Waals surface area contributed by atoms with Crippen molar-refractivity contribution >= 4 is 17.5 Å². The Labute approximate surface area is 190 Å². The molecule has 2 amide bonds. The van der Waals surface area contributed by atoms with Gasteiger partial charge in [0.05, 0.1) is 0 Å². The summed E-state index contributed by atoms with van der Waals surface area (Å²) >= 11 is 0. The van der Waals surface area contributed by atoms with E-state index in [4.69, 9.17) is 0 Å². The molecular formula is C25H34N6O. The number of aromatic nitrogens is 1. The van der Waals surface area contributed by atoms with Crippen LogP contribution < -0.4 is 15.5 Å². The molecule has 0 spiro atoms. The van der Waals surface area contributed by atoms with E-state index in [1.807, 2.05) is 42.6 Å². The number of piperazine rings is 1. The number of hydrogen-bond donors (Lipinski definition) is 2. The van der Waals surface area contributed by atoms with Crippen molar-refractivity contribution in [3.05, 3.63) is 54.7 Å². The van der Waals surface area contributed by atoms with E-state index in [-0.39, 0.29) is 6.03 Å². The van der Waals surface area contributed by atoms with Gasteiger partial charge >= 0.3 is 6.03 Å². The molecule has 2 N–H and O–H groups in total. The quantitative estimate of drug-likeness (QED) is 0.732. The van der Waals surface area contributed by atoms with Crippen molar-refractivity contribution in [1.29, 1.82) is 0 Å². The molecule has 32 heavy (non-hydrogen) atoms. The molecule has 4 fully saturated rings. The van der Waals surface area contributed by atoms with Gasteiger partial charge in [-0.15, -0.1) is 0 Å². The number of piperidine rings is 3. The first kappa shape index (κ1) is 21.2. The van der Waals surface area contributed by atoms with Crippen LogP contribution in [-0.2, 0) is 0 Å². The summed E-state index contributed by atoms with van der Waals surface area (Å²) < 4.78 is 0. The zero-order chi connectivity index (χ0) is 21.8. The summed E-state index contributed by atoms with van der Waals surface area (Å²) in [4.78, 5) is 24.4. The summed E-state index contributed by atoms with van der Waals surface area (Å²) in [6, 6.07) is 16.1. The number of carbonyl (C=O) groups is 1. The first-order valence-electron chi connectivity index (χ1n) is 12.0. The zero-order valence-corrected chi connectivity index (χ0v) is 18.7. The number of hydrogen-bond acceptors (Lipinski definition) is 5. The fraction of sp³-hybridized carbons (Fsp3) is 0.520. The summed E-state index contributed by atoms with van der Waals surface area (Å²) in [5, 5.41) is 6.01. The summed E-state index contributed by atoms with van der Waals surface area (Å²) in [5.74, 6) is 2.62. The molecule has 0 radical (unpaired) electrons. The normalized spacial score (nSPS) is 27.8. The molecule has 1 aromatic heterocycles. The number of urea groups is 1. The molecule has 2 bridgehead atoms. The first-order valence-corrected chi connectivity index (χ1v) is 12.0. The molecule has 170 valence electrons. The van der Waals surface area contributed by atoms with Crippen LogP contribution in [0.3, 0.4) is 0 Å². The maximum Gasteiger partial charge on any atom is 0.319 e. The fourth-order valence-corrected chi connectivity index (χ4v) is 5.61. The van der Waals surface area contributed by atoms with Crippen LogP contribution in [0, 0.1) is 11.8 Å². The Balaban J connectivity index is 1.06. The highest BCUT2D eigenvalue weighted by Gasteiger charge is 2.40. The van der Waals surface area contributed by atoms with Gasteiger partial charge in [0.15, 0.2) is 0 Å². The lowest BCUT2D eigenvalue weighted by Gasteiger charge is -2.51. The van der Waals surface area contributed by atoms with E-state index in [9.17, 15) is 4.79 Å². The van der Waals surface area contributed by atoms with Crippen LogP contribution in [0.5, 0.6) is 0 Å². The zero-order valence-electron chi connectivity index (χ0n) is 18.7. The van der Waals surface area contributed by atoms with Crippen molar-refractivity contribution < 1.29 is 4.79 Å². The molecule has 4 unspecified atom stereocenters. The number of fused-ring (bicyclic) bond motifs is 3. The lowest BCUT2D eigenvalue weighted by atomic mass is 9.75. The lowest BCUT2D eigenvalue weighted by molar-refractivity contribution is -0.0114. The van der Waals surface area contributed by atoms with E-state index in [2.05, 4.69) is 42.5 Å². The Kier molecular flexibility index (Phi) is 6.55. The minimum atomic E-state index is -0.110. The summed E-state index contributed by atoms with van der Waals surface area (Å²) in [6.07, 6.45) is 4.38. The second kappa shape index (κ2) is 9.88. The van der Waals surface area contributed by atoms with Gasteiger partial charge in [-0.3, -0.25) is 9.80 Å². The van der Waals surface area contributed by atoms with Gasteiger partial charge in [-0.25, -0.2) is 9.78 Å². The van der Waals surface area contributed by atoms with Gasteiger partial charge in [0, 0.05) is 63.7 Å². The Bertz CT molecular complexity index is 871. The molecule has 1 aromatic carbocycles. The summed E-state index contributed by atoms with van der Waals surface area (Å²) in [6.45, 7) is 8.60. The number of nitrogens with one attached hydrogen (secondary N) is 2. The fourth-order valence-electron chi connectivity index (χ4n) is 5.61. The number of benzene rings is 1. The molecular weight excluding hydrogens is 400 g/mol. The molecule has 6 rings (SSSR count). The van der Waals surface area contributed by atoms with Crippen LogP contribution in [0.25, 0.3) is 0 Å². The highest BCUT2D eigenvalue weighted by atomic mass is 16.2. The predicted octanol–water partition coefficient (Wildman–Crippen LogP) is 2.74. The standard InChI is InChI=1S/C25H34N6O/c32-25(28-22-6-2-1-3-7-22)27-17-23-16-20-9-11-31(23)19-21(20)18-29-12-14-30(15-13-29)24-8-4-5-10-26-24/h1-8,10,20-21,23H,9,11-19H2,(H2,27,28,32). The van der Waals surface area contributed by atoms with Gasteiger partial charge in [-0.2, -0.15) is 0 Å². The largest absolute Gasteiger partial charge is 0.354 e. The van der Waals surface area contributed by atoms with Gasteiger partial charge in [0.1, 0.15) is 5.82 Å². The van der Waals surface area contributed by atoms with Gasteiger partial charge < -0.3 is 15.5 Å². The average Bonchev–Trinajstić information content (AvgIpc) is 2.85. The third-order valence-electron chi connectivity index (χ3n) is 7.38. The summed E-state index contributed by atoms with van der Waals surface area (Å²) in [7, 11) is 0. The van der Waals surface area contributed by atoms with Crippen molar-refractivity contribution in [2.75, 3.05) is 62.6 Å². The summed E-state index contributed by atoms with van der Waals surface area (Å²) in [5.41, 5.74) is 0.832. The maximum absolute atomic E-state index is 12.3. The Morgan fingerprint density at radius 3 is 2.53 bits per heavy atom. The third kappa shape index (κ3) is 5.05. The molecule has 4 saturated heterocycles. The Morgan fingerprint density at radius 2 is 1.81 bits per heavy atom. The van der Waals surface area contributed by atoms with E-state index in [1.165, 1.54) is 25.9 Å². The van der Waals surface area contributed by atoms with Crippen LogP contribution in [0.15, 0.2) is 54.7 Å². The van der Waals surface area contributed by atoms with Crippen LogP contribution in [0.2, 0.25) is 0 Å². The molecule has 5 heterocycles. The second-order valence-corrected chi connectivity index (χ2v) is 9.37. The molecule has 0 aliphatic carbocycles. The SMILES string of the molecule is O=C(NCC1CC2CCN1CC2CN1CCN(c2ccccn2)CC1)Nc1ccccc1. The number of carbonyl (C=O) groups excluding carboxylic acids is 1. The van der Waals surface area contributed by atoms with Crippen molar-refractivity contribution in [1.82, 2.24) is 20.1 Å². The van der Waals surface area contributed by atoms with Gasteiger partial charge in [-0.05, 0) is 55.5 Å². The van der Waals surface area contributed by atoms with E-state index in [0.717, 1.165) is 62.6 Å². The van der Waals surface area contributed by atoms with Crippen LogP contribution >= 0.6 is 0 Å². The first-order chi connectivity index (χ1) is 15.7. The van der Waals surface area contributed by atoms with E-state index in [1.54, 1.807) is 0 Å². The van der Waals surface area contributed by atoms with Crippen molar-refractivity contribution in [2.45, 2.75) is 18.9 Å². The molecule has 4 atom stereocenters.